The van der Waals surface area contributed by atoms with Crippen molar-refractivity contribution in [2.45, 2.75) is 6.92 Å². The maximum atomic E-state index is 12.1. The van der Waals surface area contributed by atoms with Crippen molar-refractivity contribution in [2.75, 3.05) is 10.7 Å². The fourth-order valence-electron chi connectivity index (χ4n) is 1.51. The van der Waals surface area contributed by atoms with Crippen LogP contribution in [0.3, 0.4) is 0 Å². The number of nitrogens with one attached hydrogen (secondary N) is 2. The Bertz CT molecular complexity index is 617. The zero-order chi connectivity index (χ0) is 13.8. The Morgan fingerprint density at radius 2 is 2.21 bits per heavy atom. The smallest absolute Gasteiger partial charge is 0.260 e. The van der Waals surface area contributed by atoms with Gasteiger partial charge in [-0.15, -0.1) is 0 Å². The van der Waals surface area contributed by atoms with Crippen molar-refractivity contribution in [3.8, 4) is 0 Å². The van der Waals surface area contributed by atoms with Crippen molar-refractivity contribution in [1.82, 2.24) is 9.97 Å². The molecule has 0 saturated carbocycles. The van der Waals surface area contributed by atoms with Gasteiger partial charge in [0.1, 0.15) is 0 Å². The number of hydrazine groups is 1. The van der Waals surface area contributed by atoms with Crippen molar-refractivity contribution in [3.63, 3.8) is 0 Å². The average molecular weight is 278 g/mol. The molecule has 19 heavy (non-hydrogen) atoms. The van der Waals surface area contributed by atoms with Crippen molar-refractivity contribution in [2.24, 2.45) is 5.84 Å². The highest BCUT2D eigenvalue weighted by atomic mass is 35.5. The van der Waals surface area contributed by atoms with Gasteiger partial charge in [-0.2, -0.15) is 0 Å². The lowest BCUT2D eigenvalue weighted by Gasteiger charge is -2.10. The number of amides is 1. The number of aryl methyl sites for hydroxylation is 1. The molecule has 2 heterocycles. The molecule has 1 amide bonds. The highest BCUT2D eigenvalue weighted by Crippen LogP contribution is 2.20. The van der Waals surface area contributed by atoms with E-state index in [4.69, 9.17) is 17.4 Å². The van der Waals surface area contributed by atoms with Gasteiger partial charge in [0.05, 0.1) is 16.3 Å². The summed E-state index contributed by atoms with van der Waals surface area (Å²) in [6.45, 7) is 1.80. The SMILES string of the molecule is Cc1cc(NN)c(C(=O)Nc2ncccc2Cl)cn1. The van der Waals surface area contributed by atoms with E-state index in [1.54, 1.807) is 25.1 Å². The number of aromatic nitrogens is 2. The van der Waals surface area contributed by atoms with Crippen LogP contribution in [0.1, 0.15) is 16.1 Å². The summed E-state index contributed by atoms with van der Waals surface area (Å²) in [5.41, 5.74) is 4.01. The van der Waals surface area contributed by atoms with Crippen LogP contribution in [0.25, 0.3) is 0 Å². The summed E-state index contributed by atoms with van der Waals surface area (Å²) < 4.78 is 0. The largest absolute Gasteiger partial charge is 0.323 e. The molecule has 0 unspecified atom stereocenters. The molecule has 0 fully saturated rings. The number of hydrogen-bond donors (Lipinski definition) is 3. The highest BCUT2D eigenvalue weighted by molar-refractivity contribution is 6.33. The number of nitrogens with two attached hydrogens (primary N) is 1. The lowest BCUT2D eigenvalue weighted by atomic mass is 10.2. The molecule has 0 bridgehead atoms. The van der Waals surface area contributed by atoms with Gasteiger partial charge in [-0.05, 0) is 25.1 Å². The first-order valence-corrected chi connectivity index (χ1v) is 5.84. The monoisotopic (exact) mass is 277 g/mol. The number of nitrogen functional groups attached to an aromatic ring is 1. The second-order valence-corrected chi connectivity index (χ2v) is 4.21. The molecule has 0 aliphatic carbocycles. The summed E-state index contributed by atoms with van der Waals surface area (Å²) in [5, 5.41) is 2.96. The maximum Gasteiger partial charge on any atom is 0.260 e. The molecule has 0 atom stereocenters. The van der Waals surface area contributed by atoms with Gasteiger partial charge >= 0.3 is 0 Å². The van der Waals surface area contributed by atoms with Gasteiger partial charge in [0.2, 0.25) is 0 Å². The van der Waals surface area contributed by atoms with E-state index in [2.05, 4.69) is 20.7 Å². The fraction of sp³-hybridized carbons (Fsp3) is 0.0833. The average Bonchev–Trinajstić information content (AvgIpc) is 2.41. The van der Waals surface area contributed by atoms with Gasteiger partial charge in [-0.1, -0.05) is 11.6 Å². The summed E-state index contributed by atoms with van der Waals surface area (Å²) in [5.74, 6) is 5.28. The molecule has 2 aromatic heterocycles. The van der Waals surface area contributed by atoms with Crippen LogP contribution in [-0.2, 0) is 0 Å². The van der Waals surface area contributed by atoms with Crippen molar-refractivity contribution < 1.29 is 4.79 Å². The van der Waals surface area contributed by atoms with Crippen LogP contribution in [0.15, 0.2) is 30.6 Å². The zero-order valence-corrected chi connectivity index (χ0v) is 10.9. The number of nitrogens with zero attached hydrogens (tertiary/aromatic N) is 2. The molecule has 6 nitrogen and oxygen atoms in total. The van der Waals surface area contributed by atoms with Gasteiger partial charge in [0, 0.05) is 18.1 Å². The van der Waals surface area contributed by atoms with Crippen LogP contribution in [0.2, 0.25) is 5.02 Å². The lowest BCUT2D eigenvalue weighted by Crippen LogP contribution is -2.18. The molecule has 0 aromatic carbocycles. The Labute approximate surface area is 115 Å². The van der Waals surface area contributed by atoms with E-state index in [0.29, 0.717) is 16.3 Å². The molecule has 0 saturated heterocycles. The number of carbonyl (C=O) groups excluding carboxylic acids is 1. The Morgan fingerprint density at radius 1 is 1.42 bits per heavy atom. The maximum absolute atomic E-state index is 12.1. The fourth-order valence-corrected chi connectivity index (χ4v) is 1.68. The molecule has 0 radical (unpaired) electrons. The number of pyridine rings is 2. The van der Waals surface area contributed by atoms with Gasteiger partial charge in [-0.3, -0.25) is 15.6 Å². The summed E-state index contributed by atoms with van der Waals surface area (Å²) >= 11 is 5.92. The highest BCUT2D eigenvalue weighted by Gasteiger charge is 2.13. The summed E-state index contributed by atoms with van der Waals surface area (Å²) in [7, 11) is 0. The Hall–Kier alpha value is -2.18. The Balaban J connectivity index is 2.28. The molecule has 2 rings (SSSR count). The number of hydrogen-bond acceptors (Lipinski definition) is 5. The Morgan fingerprint density at radius 3 is 2.89 bits per heavy atom. The molecule has 2 aromatic rings. The van der Waals surface area contributed by atoms with E-state index in [9.17, 15) is 4.79 Å². The van der Waals surface area contributed by atoms with Crippen LogP contribution in [-0.4, -0.2) is 15.9 Å². The van der Waals surface area contributed by atoms with Gasteiger partial charge in [0.15, 0.2) is 5.82 Å². The minimum atomic E-state index is -0.388. The van der Waals surface area contributed by atoms with E-state index in [1.165, 1.54) is 12.4 Å². The quantitative estimate of drug-likeness (QED) is 0.589. The summed E-state index contributed by atoms with van der Waals surface area (Å²) in [6.07, 6.45) is 2.98. The predicted octanol–water partition coefficient (Wildman–Crippen LogP) is 1.98. The first-order valence-electron chi connectivity index (χ1n) is 5.47. The van der Waals surface area contributed by atoms with E-state index in [-0.39, 0.29) is 11.7 Å². The molecule has 98 valence electrons. The number of rotatable bonds is 3. The van der Waals surface area contributed by atoms with Crippen molar-refractivity contribution in [3.05, 3.63) is 46.9 Å². The van der Waals surface area contributed by atoms with Crippen LogP contribution < -0.4 is 16.6 Å². The normalized spacial score (nSPS) is 10.1. The van der Waals surface area contributed by atoms with E-state index >= 15 is 0 Å². The standard InChI is InChI=1S/C12H12ClN5O/c1-7-5-10(18-14)8(6-16-7)12(19)17-11-9(13)3-2-4-15-11/h2-6H,14H2,1H3,(H,16,18)(H,15,17,19). The zero-order valence-electron chi connectivity index (χ0n) is 10.1. The molecule has 0 spiro atoms. The second kappa shape index (κ2) is 5.64. The van der Waals surface area contributed by atoms with E-state index in [0.717, 1.165) is 5.69 Å². The number of carbonyl (C=O) groups is 1. The van der Waals surface area contributed by atoms with Gasteiger partial charge in [0.25, 0.3) is 5.91 Å². The lowest BCUT2D eigenvalue weighted by molar-refractivity contribution is 0.102. The van der Waals surface area contributed by atoms with Crippen molar-refractivity contribution >= 4 is 29.0 Å². The van der Waals surface area contributed by atoms with Gasteiger partial charge < -0.3 is 10.7 Å². The third kappa shape index (κ3) is 2.98. The summed E-state index contributed by atoms with van der Waals surface area (Å²) in [6, 6.07) is 4.99. The van der Waals surface area contributed by atoms with Crippen LogP contribution >= 0.6 is 11.6 Å². The predicted molar refractivity (Wildman–Crippen MR) is 74.0 cm³/mol. The van der Waals surface area contributed by atoms with Crippen LogP contribution in [0.5, 0.6) is 0 Å². The molecule has 0 aliphatic rings. The molecule has 4 N–H and O–H groups in total. The summed E-state index contributed by atoms with van der Waals surface area (Å²) in [4.78, 5) is 20.2. The molecule has 7 heteroatoms. The molecule has 0 aliphatic heterocycles. The van der Waals surface area contributed by atoms with Crippen LogP contribution in [0.4, 0.5) is 11.5 Å². The second-order valence-electron chi connectivity index (χ2n) is 3.80. The van der Waals surface area contributed by atoms with Crippen LogP contribution in [0, 0.1) is 6.92 Å². The number of halogens is 1. The third-order valence-corrected chi connectivity index (χ3v) is 2.74. The minimum absolute atomic E-state index is 0.290. The first-order chi connectivity index (χ1) is 9.11. The molecular weight excluding hydrogens is 266 g/mol. The van der Waals surface area contributed by atoms with E-state index < -0.39 is 0 Å². The van der Waals surface area contributed by atoms with Crippen molar-refractivity contribution in [1.29, 1.82) is 0 Å². The topological polar surface area (TPSA) is 92.9 Å². The van der Waals surface area contributed by atoms with E-state index in [1.807, 2.05) is 0 Å². The van der Waals surface area contributed by atoms with Gasteiger partial charge in [-0.25, -0.2) is 4.98 Å². The molecular formula is C12H12ClN5O. The minimum Gasteiger partial charge on any atom is -0.323 e. The number of anilines is 2. The first kappa shape index (κ1) is 13.3. The Kier molecular flexibility index (Phi) is 3.94. The third-order valence-electron chi connectivity index (χ3n) is 2.43.